The van der Waals surface area contributed by atoms with E-state index < -0.39 is 22.6 Å². The molecule has 0 aromatic heterocycles. The molecule has 3 aliphatic rings. The lowest BCUT2D eigenvalue weighted by atomic mass is 9.71. The predicted octanol–water partition coefficient (Wildman–Crippen LogP) is 3.56. The number of unbranched alkanes of at least 4 members (excludes halogenated alkanes) is 4. The number of carbonyl (C=O) groups excluding carboxylic acids is 3. The van der Waals surface area contributed by atoms with Gasteiger partial charge in [0, 0.05) is 31.0 Å². The van der Waals surface area contributed by atoms with Gasteiger partial charge < -0.3 is 19.6 Å². The van der Waals surface area contributed by atoms with Gasteiger partial charge in [-0.15, -0.1) is 24.9 Å². The molecule has 1 N–H and O–H groups in total. The highest BCUT2D eigenvalue weighted by Gasteiger charge is 2.74. The minimum atomic E-state index is -0.587. The van der Waals surface area contributed by atoms with Crippen molar-refractivity contribution in [2.45, 2.75) is 87.3 Å². The van der Waals surface area contributed by atoms with Crippen LogP contribution < -0.4 is 0 Å². The summed E-state index contributed by atoms with van der Waals surface area (Å²) >= 11 is 1.68. The van der Waals surface area contributed by atoms with Gasteiger partial charge in [0.25, 0.3) is 0 Å². The summed E-state index contributed by atoms with van der Waals surface area (Å²) in [5.41, 5.74) is 0. The van der Waals surface area contributed by atoms with E-state index in [9.17, 15) is 14.4 Å². The van der Waals surface area contributed by atoms with Crippen LogP contribution in [0.15, 0.2) is 25.3 Å². The van der Waals surface area contributed by atoms with Crippen molar-refractivity contribution in [2.75, 3.05) is 26.3 Å². The molecule has 3 aliphatic heterocycles. The van der Waals surface area contributed by atoms with E-state index in [1.54, 1.807) is 27.6 Å². The Balaban J connectivity index is 1.86. The van der Waals surface area contributed by atoms with Crippen molar-refractivity contribution in [3.05, 3.63) is 25.3 Å². The summed E-state index contributed by atoms with van der Waals surface area (Å²) in [7, 11) is 0. The lowest BCUT2D eigenvalue weighted by Gasteiger charge is -2.38. The molecule has 0 saturated carbocycles. The zero-order chi connectivity index (χ0) is 25.6. The summed E-state index contributed by atoms with van der Waals surface area (Å²) in [5.74, 6) is -1.44. The first-order valence-corrected chi connectivity index (χ1v) is 14.0. The maximum absolute atomic E-state index is 14.0. The van der Waals surface area contributed by atoms with E-state index in [1.807, 2.05) is 19.9 Å². The maximum atomic E-state index is 14.0. The Hall–Kier alpha value is -1.80. The summed E-state index contributed by atoms with van der Waals surface area (Å²) < 4.78 is 5.07. The van der Waals surface area contributed by atoms with Gasteiger partial charge in [-0.3, -0.25) is 14.4 Å². The largest absolute Gasteiger partial charge is 0.465 e. The molecule has 3 heterocycles. The minimum Gasteiger partial charge on any atom is -0.465 e. The quantitative estimate of drug-likeness (QED) is 0.208. The molecule has 5 atom stereocenters. The van der Waals surface area contributed by atoms with Crippen molar-refractivity contribution >= 4 is 29.5 Å². The van der Waals surface area contributed by atoms with Crippen LogP contribution >= 0.6 is 11.8 Å². The van der Waals surface area contributed by atoms with Crippen LogP contribution in [0, 0.1) is 11.8 Å². The SMILES string of the molecule is C=CCCCCOC(=O)[C@@H]1[C@H]2C(=O)N(CCCCCO)C(C(=O)N(CC=C)C(C)C)C23CC[C@H]1S3. The Morgan fingerprint density at radius 3 is 2.66 bits per heavy atom. The van der Waals surface area contributed by atoms with Gasteiger partial charge in [0.1, 0.15) is 6.04 Å². The summed E-state index contributed by atoms with van der Waals surface area (Å²) in [5, 5.41) is 9.18. The number of nitrogens with zero attached hydrogens (tertiary/aromatic N) is 2. The van der Waals surface area contributed by atoms with Crippen LogP contribution in [0.1, 0.15) is 65.2 Å². The van der Waals surface area contributed by atoms with Crippen LogP contribution in [0.3, 0.4) is 0 Å². The van der Waals surface area contributed by atoms with E-state index in [1.165, 1.54) is 0 Å². The van der Waals surface area contributed by atoms with Crippen molar-refractivity contribution < 1.29 is 24.2 Å². The number of hydrogen-bond donors (Lipinski definition) is 1. The predicted molar refractivity (Wildman–Crippen MR) is 139 cm³/mol. The molecule has 0 aromatic rings. The third-order valence-electron chi connectivity index (χ3n) is 7.64. The van der Waals surface area contributed by atoms with Gasteiger partial charge in [-0.05, 0) is 65.2 Å². The standard InChI is InChI=1S/C27H42N2O5S/c1-5-7-8-12-18-34-26(33)21-20-13-14-27(35-20)22(21)24(31)29(16-10-9-11-17-30)23(27)25(32)28(15-6-2)19(3)4/h5-6,19-23,30H,1-2,7-18H2,3-4H3/t20-,21+,22+,23?,27?/m1/s1. The third-order valence-corrected chi connectivity index (χ3v) is 9.59. The smallest absolute Gasteiger partial charge is 0.310 e. The molecule has 8 heteroatoms. The molecule has 0 aromatic carbocycles. The number of amides is 2. The second-order valence-corrected chi connectivity index (χ2v) is 11.8. The van der Waals surface area contributed by atoms with Crippen LogP contribution in [-0.2, 0) is 19.1 Å². The monoisotopic (exact) mass is 506 g/mol. The van der Waals surface area contributed by atoms with Gasteiger partial charge in [0.2, 0.25) is 11.8 Å². The number of rotatable bonds is 15. The van der Waals surface area contributed by atoms with Crippen LogP contribution in [0.25, 0.3) is 0 Å². The number of allylic oxidation sites excluding steroid dienone is 1. The normalized spacial score (nSPS) is 28.9. The Kier molecular flexibility index (Phi) is 9.87. The third kappa shape index (κ3) is 5.48. The molecule has 0 radical (unpaired) electrons. The lowest BCUT2D eigenvalue weighted by Crippen LogP contribution is -2.56. The lowest BCUT2D eigenvalue weighted by molar-refractivity contribution is -0.154. The van der Waals surface area contributed by atoms with E-state index in [0.717, 1.165) is 38.5 Å². The summed E-state index contributed by atoms with van der Waals surface area (Å²) in [6, 6.07) is -0.612. The number of carbonyl (C=O) groups is 3. The van der Waals surface area contributed by atoms with Gasteiger partial charge >= 0.3 is 5.97 Å². The van der Waals surface area contributed by atoms with Gasteiger partial charge in [-0.2, -0.15) is 0 Å². The summed E-state index contributed by atoms with van der Waals surface area (Å²) in [6.07, 6.45) is 9.89. The number of fused-ring (bicyclic) bond motifs is 1. The fourth-order valence-corrected chi connectivity index (χ4v) is 8.22. The van der Waals surface area contributed by atoms with Crippen LogP contribution in [0.4, 0.5) is 0 Å². The number of ether oxygens (including phenoxy) is 1. The number of aliphatic hydroxyl groups is 1. The Morgan fingerprint density at radius 1 is 1.23 bits per heavy atom. The first-order valence-electron chi connectivity index (χ1n) is 13.1. The van der Waals surface area contributed by atoms with Crippen LogP contribution in [-0.4, -0.2) is 81.1 Å². The molecule has 1 spiro atoms. The van der Waals surface area contributed by atoms with Crippen molar-refractivity contribution in [2.24, 2.45) is 11.8 Å². The topological polar surface area (TPSA) is 87.1 Å². The Labute approximate surface area is 214 Å². The van der Waals surface area contributed by atoms with E-state index in [0.29, 0.717) is 32.5 Å². The number of hydrogen-bond acceptors (Lipinski definition) is 6. The zero-order valence-electron chi connectivity index (χ0n) is 21.3. The van der Waals surface area contributed by atoms with E-state index in [4.69, 9.17) is 9.84 Å². The van der Waals surface area contributed by atoms with Crippen molar-refractivity contribution in [1.82, 2.24) is 9.80 Å². The molecular weight excluding hydrogens is 464 g/mol. The van der Waals surface area contributed by atoms with Gasteiger partial charge in [0.15, 0.2) is 0 Å². The van der Waals surface area contributed by atoms with Crippen LogP contribution in [0.5, 0.6) is 0 Å². The van der Waals surface area contributed by atoms with Gasteiger partial charge in [-0.1, -0.05) is 12.2 Å². The molecule has 3 rings (SSSR count). The molecule has 3 fully saturated rings. The van der Waals surface area contributed by atoms with E-state index in [2.05, 4.69) is 13.2 Å². The summed E-state index contributed by atoms with van der Waals surface area (Å²) in [4.78, 5) is 44.6. The van der Waals surface area contributed by atoms with Gasteiger partial charge in [0.05, 0.1) is 23.2 Å². The summed E-state index contributed by atoms with van der Waals surface area (Å²) in [6.45, 7) is 12.8. The maximum Gasteiger partial charge on any atom is 0.310 e. The van der Waals surface area contributed by atoms with E-state index >= 15 is 0 Å². The molecule has 2 amide bonds. The molecule has 3 saturated heterocycles. The number of aliphatic hydroxyl groups excluding tert-OH is 1. The highest BCUT2D eigenvalue weighted by molar-refractivity contribution is 8.02. The van der Waals surface area contributed by atoms with Crippen LogP contribution in [0.2, 0.25) is 0 Å². The van der Waals surface area contributed by atoms with Crippen molar-refractivity contribution in [3.63, 3.8) is 0 Å². The molecule has 35 heavy (non-hydrogen) atoms. The highest BCUT2D eigenvalue weighted by atomic mass is 32.2. The van der Waals surface area contributed by atoms with Crippen molar-refractivity contribution in [1.29, 1.82) is 0 Å². The van der Waals surface area contributed by atoms with Crippen molar-refractivity contribution in [3.8, 4) is 0 Å². The molecule has 0 aliphatic carbocycles. The molecule has 2 unspecified atom stereocenters. The van der Waals surface area contributed by atoms with E-state index in [-0.39, 0.29) is 35.7 Å². The number of esters is 1. The second kappa shape index (κ2) is 12.4. The number of likely N-dealkylation sites (tertiary alicyclic amines) is 1. The fraction of sp³-hybridized carbons (Fsp3) is 0.741. The molecule has 196 valence electrons. The highest BCUT2D eigenvalue weighted by Crippen LogP contribution is 2.66. The average Bonchev–Trinajstić information content (AvgIpc) is 3.47. The number of thioether (sulfide) groups is 1. The molecule has 2 bridgehead atoms. The fourth-order valence-electron chi connectivity index (χ4n) is 6.02. The molecular formula is C27H42N2O5S. The second-order valence-electron chi connectivity index (χ2n) is 10.2. The van der Waals surface area contributed by atoms with Gasteiger partial charge in [-0.25, -0.2) is 0 Å². The Morgan fingerprint density at radius 2 is 2.00 bits per heavy atom. The minimum absolute atomic E-state index is 0.0170. The zero-order valence-corrected chi connectivity index (χ0v) is 22.1. The first-order chi connectivity index (χ1) is 16.8. The Bertz CT molecular complexity index is 802. The average molecular weight is 507 g/mol. The molecule has 7 nitrogen and oxygen atoms in total. The first kappa shape index (κ1) is 27.8.